The summed E-state index contributed by atoms with van der Waals surface area (Å²) in [5, 5.41) is 9.36. The highest BCUT2D eigenvalue weighted by Crippen LogP contribution is 2.23. The van der Waals surface area contributed by atoms with Gasteiger partial charge in [-0.1, -0.05) is 23.7 Å². The summed E-state index contributed by atoms with van der Waals surface area (Å²) in [6, 6.07) is 14.3. The van der Waals surface area contributed by atoms with Crippen molar-refractivity contribution in [2.24, 2.45) is 4.99 Å². The molecule has 108 valence electrons. The molecule has 0 aliphatic rings. The van der Waals surface area contributed by atoms with Crippen LogP contribution in [0.5, 0.6) is 5.75 Å². The molecule has 0 saturated carbocycles. The van der Waals surface area contributed by atoms with Gasteiger partial charge < -0.3 is 9.84 Å². The van der Waals surface area contributed by atoms with Gasteiger partial charge in [-0.25, -0.2) is 4.79 Å². The number of hydrogen-bond donors (Lipinski definition) is 1. The number of ether oxygens (including phenoxy) is 1. The third-order valence-electron chi connectivity index (χ3n) is 2.75. The number of carboxylic acids is 1. The number of benzene rings is 2. The molecule has 0 heterocycles. The number of aliphatic imine (C=N–C) groups is 1. The van der Waals surface area contributed by atoms with Gasteiger partial charge in [0.2, 0.25) is 0 Å². The summed E-state index contributed by atoms with van der Waals surface area (Å²) in [4.78, 5) is 15.0. The number of rotatable bonds is 5. The summed E-state index contributed by atoms with van der Waals surface area (Å²) in [5.41, 5.74) is 1.56. The van der Waals surface area contributed by atoms with Crippen LogP contribution < -0.4 is 4.74 Å². The predicted molar refractivity (Wildman–Crippen MR) is 82.9 cm³/mol. The van der Waals surface area contributed by atoms with Crippen LogP contribution in [0.3, 0.4) is 0 Å². The topological polar surface area (TPSA) is 58.9 Å². The SMILES string of the molecule is C[C@@H](Oc1ccc(C=Nc2ccccc2Cl)cc1)C(=O)O. The Morgan fingerprint density at radius 1 is 1.24 bits per heavy atom. The van der Waals surface area contributed by atoms with Crippen LogP contribution in [0.2, 0.25) is 5.02 Å². The van der Waals surface area contributed by atoms with E-state index in [1.807, 2.05) is 18.2 Å². The number of carbonyl (C=O) groups is 1. The maximum absolute atomic E-state index is 10.7. The maximum atomic E-state index is 10.7. The van der Waals surface area contributed by atoms with Crippen molar-refractivity contribution in [3.8, 4) is 5.75 Å². The lowest BCUT2D eigenvalue weighted by molar-refractivity contribution is -0.144. The van der Waals surface area contributed by atoms with Gasteiger partial charge in [0.05, 0.1) is 10.7 Å². The lowest BCUT2D eigenvalue weighted by atomic mass is 10.2. The maximum Gasteiger partial charge on any atom is 0.344 e. The summed E-state index contributed by atoms with van der Waals surface area (Å²) in [5.74, 6) is -0.501. The van der Waals surface area contributed by atoms with E-state index in [1.165, 1.54) is 6.92 Å². The average Bonchev–Trinajstić information content (AvgIpc) is 2.48. The van der Waals surface area contributed by atoms with E-state index in [-0.39, 0.29) is 0 Å². The molecule has 0 radical (unpaired) electrons. The van der Waals surface area contributed by atoms with Crippen molar-refractivity contribution in [3.63, 3.8) is 0 Å². The fraction of sp³-hybridized carbons (Fsp3) is 0.125. The van der Waals surface area contributed by atoms with Crippen molar-refractivity contribution in [2.75, 3.05) is 0 Å². The van der Waals surface area contributed by atoms with E-state index < -0.39 is 12.1 Å². The molecule has 1 N–H and O–H groups in total. The summed E-state index contributed by atoms with van der Waals surface area (Å²) in [7, 11) is 0. The van der Waals surface area contributed by atoms with Crippen LogP contribution in [0.25, 0.3) is 0 Å². The Morgan fingerprint density at radius 3 is 2.52 bits per heavy atom. The molecule has 0 fully saturated rings. The van der Waals surface area contributed by atoms with Crippen LogP contribution in [0, 0.1) is 0 Å². The standard InChI is InChI=1S/C16H14ClNO3/c1-11(16(19)20)21-13-8-6-12(7-9-13)10-18-15-5-3-2-4-14(15)17/h2-11H,1H3,(H,19,20)/t11-/m1/s1. The molecule has 0 spiro atoms. The van der Waals surface area contributed by atoms with Gasteiger partial charge in [0.1, 0.15) is 5.75 Å². The number of aliphatic carboxylic acids is 1. The molecule has 0 amide bonds. The van der Waals surface area contributed by atoms with Crippen molar-refractivity contribution >= 4 is 29.5 Å². The Balaban J connectivity index is 2.06. The minimum absolute atomic E-state index is 0.500. The Kier molecular flexibility index (Phi) is 4.95. The highest BCUT2D eigenvalue weighted by molar-refractivity contribution is 6.33. The number of halogens is 1. The van der Waals surface area contributed by atoms with Crippen LogP contribution in [0.4, 0.5) is 5.69 Å². The fourth-order valence-electron chi connectivity index (χ4n) is 1.59. The first-order valence-corrected chi connectivity index (χ1v) is 6.72. The summed E-state index contributed by atoms with van der Waals surface area (Å²) in [6.07, 6.45) is 0.804. The Hall–Kier alpha value is -2.33. The number of carboxylic acid groups (broad SMARTS) is 1. The van der Waals surface area contributed by atoms with E-state index >= 15 is 0 Å². The minimum Gasteiger partial charge on any atom is -0.479 e. The van der Waals surface area contributed by atoms with Gasteiger partial charge in [-0.3, -0.25) is 4.99 Å². The van der Waals surface area contributed by atoms with Crippen molar-refractivity contribution in [1.82, 2.24) is 0 Å². The van der Waals surface area contributed by atoms with Crippen molar-refractivity contribution < 1.29 is 14.6 Å². The van der Waals surface area contributed by atoms with Crippen LogP contribution in [0.15, 0.2) is 53.5 Å². The van der Waals surface area contributed by atoms with E-state index in [1.54, 1.807) is 36.5 Å². The zero-order chi connectivity index (χ0) is 15.2. The predicted octanol–water partition coefficient (Wildman–Crippen LogP) is 3.94. The molecule has 4 nitrogen and oxygen atoms in total. The van der Waals surface area contributed by atoms with Crippen molar-refractivity contribution in [1.29, 1.82) is 0 Å². The number of nitrogens with zero attached hydrogens (tertiary/aromatic N) is 1. The second-order valence-electron chi connectivity index (χ2n) is 4.38. The zero-order valence-corrected chi connectivity index (χ0v) is 12.1. The molecule has 0 unspecified atom stereocenters. The van der Waals surface area contributed by atoms with Gasteiger partial charge in [-0.05, 0) is 48.9 Å². The molecule has 0 saturated heterocycles. The van der Waals surface area contributed by atoms with Crippen LogP contribution in [-0.2, 0) is 4.79 Å². The quantitative estimate of drug-likeness (QED) is 0.851. The first kappa shape index (κ1) is 15.1. The molecule has 21 heavy (non-hydrogen) atoms. The van der Waals surface area contributed by atoms with Gasteiger partial charge in [0.25, 0.3) is 0 Å². The second-order valence-corrected chi connectivity index (χ2v) is 4.78. The summed E-state index contributed by atoms with van der Waals surface area (Å²) in [6.45, 7) is 1.48. The molecule has 0 aliphatic carbocycles. The average molecular weight is 304 g/mol. The molecule has 2 aromatic carbocycles. The number of hydrogen-bond acceptors (Lipinski definition) is 3. The largest absolute Gasteiger partial charge is 0.479 e. The van der Waals surface area contributed by atoms with Crippen LogP contribution in [0.1, 0.15) is 12.5 Å². The molecule has 2 rings (SSSR count). The molecular formula is C16H14ClNO3. The lowest BCUT2D eigenvalue weighted by Gasteiger charge is -2.09. The van der Waals surface area contributed by atoms with Gasteiger partial charge >= 0.3 is 5.97 Å². The Morgan fingerprint density at radius 2 is 1.90 bits per heavy atom. The van der Waals surface area contributed by atoms with E-state index in [2.05, 4.69) is 4.99 Å². The lowest BCUT2D eigenvalue weighted by Crippen LogP contribution is -2.22. The monoisotopic (exact) mass is 303 g/mol. The molecule has 2 aromatic rings. The smallest absolute Gasteiger partial charge is 0.344 e. The van der Waals surface area contributed by atoms with E-state index in [0.717, 1.165) is 5.56 Å². The molecule has 0 bridgehead atoms. The molecular weight excluding hydrogens is 290 g/mol. The third-order valence-corrected chi connectivity index (χ3v) is 3.07. The Bertz CT molecular complexity index is 653. The molecule has 5 heteroatoms. The molecule has 0 aliphatic heterocycles. The van der Waals surface area contributed by atoms with Crippen LogP contribution in [-0.4, -0.2) is 23.4 Å². The van der Waals surface area contributed by atoms with Gasteiger partial charge in [0, 0.05) is 6.21 Å². The van der Waals surface area contributed by atoms with E-state index in [4.69, 9.17) is 21.4 Å². The van der Waals surface area contributed by atoms with Gasteiger partial charge in [-0.15, -0.1) is 0 Å². The second kappa shape index (κ2) is 6.90. The number of para-hydroxylation sites is 1. The highest BCUT2D eigenvalue weighted by atomic mass is 35.5. The first-order valence-electron chi connectivity index (χ1n) is 6.34. The minimum atomic E-state index is -1.00. The Labute approximate surface area is 127 Å². The van der Waals surface area contributed by atoms with Crippen molar-refractivity contribution in [2.45, 2.75) is 13.0 Å². The van der Waals surface area contributed by atoms with E-state index in [0.29, 0.717) is 16.5 Å². The van der Waals surface area contributed by atoms with Gasteiger partial charge in [-0.2, -0.15) is 0 Å². The molecule has 1 atom stereocenters. The summed E-state index contributed by atoms with van der Waals surface area (Å²) >= 11 is 6.01. The fourth-order valence-corrected chi connectivity index (χ4v) is 1.77. The van der Waals surface area contributed by atoms with Crippen LogP contribution >= 0.6 is 11.6 Å². The van der Waals surface area contributed by atoms with E-state index in [9.17, 15) is 4.79 Å². The molecule has 0 aromatic heterocycles. The highest BCUT2D eigenvalue weighted by Gasteiger charge is 2.11. The first-order chi connectivity index (χ1) is 10.1. The zero-order valence-electron chi connectivity index (χ0n) is 11.4. The van der Waals surface area contributed by atoms with Gasteiger partial charge in [0.15, 0.2) is 6.10 Å². The normalized spacial score (nSPS) is 12.3. The summed E-state index contributed by atoms with van der Waals surface area (Å²) < 4.78 is 5.25. The third kappa shape index (κ3) is 4.33. The van der Waals surface area contributed by atoms with Crippen molar-refractivity contribution in [3.05, 3.63) is 59.1 Å².